The van der Waals surface area contributed by atoms with E-state index >= 15 is 0 Å². The summed E-state index contributed by atoms with van der Waals surface area (Å²) in [7, 11) is 0. The minimum Gasteiger partial charge on any atom is -0.444 e. The summed E-state index contributed by atoms with van der Waals surface area (Å²) in [6.45, 7) is 13.4. The summed E-state index contributed by atoms with van der Waals surface area (Å²) >= 11 is 1.71. The quantitative estimate of drug-likeness (QED) is 0.332. The molecule has 1 aromatic rings. The molecule has 7 nitrogen and oxygen atoms in total. The molecule has 0 aromatic carbocycles. The summed E-state index contributed by atoms with van der Waals surface area (Å²) in [4.78, 5) is 25.2. The van der Waals surface area contributed by atoms with Gasteiger partial charge in [0.2, 0.25) is 0 Å². The molecule has 2 N–H and O–H groups in total. The molecule has 170 valence electrons. The summed E-state index contributed by atoms with van der Waals surface area (Å²) in [5.41, 5.74) is 0.632. The largest absolute Gasteiger partial charge is 0.444 e. The highest BCUT2D eigenvalue weighted by atomic mass is 127. The third-order valence-corrected chi connectivity index (χ3v) is 6.53. The average molecular weight is 550 g/mol. The molecule has 3 heterocycles. The van der Waals surface area contributed by atoms with Gasteiger partial charge in [-0.25, -0.2) is 14.8 Å². The number of aliphatic imine (C=N–C) groups is 1. The van der Waals surface area contributed by atoms with Crippen molar-refractivity contribution in [3.8, 4) is 0 Å². The topological polar surface area (TPSA) is 78.9 Å². The van der Waals surface area contributed by atoms with E-state index in [2.05, 4.69) is 29.5 Å². The third-order valence-electron chi connectivity index (χ3n) is 5.47. The molecule has 2 saturated heterocycles. The number of guanidine groups is 1. The number of nitrogens with one attached hydrogen (secondary N) is 2. The first-order valence-corrected chi connectivity index (χ1v) is 11.5. The number of carbonyl (C=O) groups excluding carboxylic acids is 1. The van der Waals surface area contributed by atoms with E-state index in [9.17, 15) is 4.79 Å². The number of amides is 1. The number of piperidine rings is 1. The van der Waals surface area contributed by atoms with Crippen molar-refractivity contribution in [1.82, 2.24) is 20.5 Å². The zero-order valence-corrected chi connectivity index (χ0v) is 22.1. The standard InChI is InChI=1S/C21H35N5O2S.HI/c1-7-22-19(23-12-18-24-13(2)14(3)29-18)25-15-10-16-8-9-17(11-15)26(16)20(27)28-21(4,5)6;/h15-17H,7-12H2,1-6H3,(H2,22,23,25);1H. The van der Waals surface area contributed by atoms with Crippen LogP contribution in [-0.4, -0.2) is 52.2 Å². The second-order valence-electron chi connectivity index (χ2n) is 9.03. The Kier molecular flexibility index (Phi) is 8.79. The number of nitrogens with zero attached hydrogens (tertiary/aromatic N) is 3. The van der Waals surface area contributed by atoms with Crippen LogP contribution in [0, 0.1) is 13.8 Å². The molecule has 30 heavy (non-hydrogen) atoms. The van der Waals surface area contributed by atoms with Gasteiger partial charge in [0.15, 0.2) is 5.96 Å². The van der Waals surface area contributed by atoms with Crippen LogP contribution >= 0.6 is 35.3 Å². The molecule has 2 unspecified atom stereocenters. The molecule has 0 saturated carbocycles. The van der Waals surface area contributed by atoms with Gasteiger partial charge in [-0.05, 0) is 67.2 Å². The van der Waals surface area contributed by atoms with Crippen LogP contribution in [-0.2, 0) is 11.3 Å². The summed E-state index contributed by atoms with van der Waals surface area (Å²) < 4.78 is 5.64. The highest BCUT2D eigenvalue weighted by Crippen LogP contribution is 2.36. The SMILES string of the molecule is CCNC(=NCc1nc(C)c(C)s1)NC1CC2CCC(C1)N2C(=O)OC(C)(C)C.I. The van der Waals surface area contributed by atoms with Gasteiger partial charge in [0.05, 0.1) is 12.2 Å². The molecule has 1 amide bonds. The van der Waals surface area contributed by atoms with Crippen molar-refractivity contribution in [2.45, 2.75) is 97.5 Å². The van der Waals surface area contributed by atoms with Crippen molar-refractivity contribution in [1.29, 1.82) is 0 Å². The smallest absolute Gasteiger partial charge is 0.410 e. The second kappa shape index (κ2) is 10.5. The Morgan fingerprint density at radius 1 is 1.27 bits per heavy atom. The van der Waals surface area contributed by atoms with Gasteiger partial charge in [0.1, 0.15) is 10.6 Å². The Morgan fingerprint density at radius 2 is 1.90 bits per heavy atom. The number of hydrogen-bond acceptors (Lipinski definition) is 5. The molecule has 0 spiro atoms. The molecule has 1 aromatic heterocycles. The monoisotopic (exact) mass is 549 g/mol. The summed E-state index contributed by atoms with van der Waals surface area (Å²) in [5.74, 6) is 0.827. The van der Waals surface area contributed by atoms with E-state index in [1.54, 1.807) is 11.3 Å². The van der Waals surface area contributed by atoms with Crippen molar-refractivity contribution in [3.63, 3.8) is 0 Å². The lowest BCUT2D eigenvalue weighted by Crippen LogP contribution is -2.55. The fraction of sp³-hybridized carbons (Fsp3) is 0.762. The van der Waals surface area contributed by atoms with E-state index in [4.69, 9.17) is 9.73 Å². The van der Waals surface area contributed by atoms with Gasteiger partial charge in [-0.2, -0.15) is 0 Å². The molecule has 0 radical (unpaired) electrons. The van der Waals surface area contributed by atoms with Crippen LogP contribution < -0.4 is 10.6 Å². The number of fused-ring (bicyclic) bond motifs is 2. The maximum Gasteiger partial charge on any atom is 0.410 e. The van der Waals surface area contributed by atoms with Crippen LogP contribution in [0.25, 0.3) is 0 Å². The summed E-state index contributed by atoms with van der Waals surface area (Å²) in [6.07, 6.45) is 3.78. The Labute approximate surface area is 201 Å². The minimum atomic E-state index is -0.455. The van der Waals surface area contributed by atoms with Crippen molar-refractivity contribution >= 4 is 47.4 Å². The van der Waals surface area contributed by atoms with Crippen LogP contribution in [0.1, 0.15) is 69.0 Å². The van der Waals surface area contributed by atoms with Gasteiger partial charge in [-0.15, -0.1) is 35.3 Å². The van der Waals surface area contributed by atoms with Crippen LogP contribution in [0.5, 0.6) is 0 Å². The Hall–Kier alpha value is -1.10. The Bertz CT molecular complexity index is 728. The lowest BCUT2D eigenvalue weighted by molar-refractivity contribution is 0.00545. The van der Waals surface area contributed by atoms with E-state index in [-0.39, 0.29) is 42.2 Å². The van der Waals surface area contributed by atoms with Crippen LogP contribution in [0.3, 0.4) is 0 Å². The minimum absolute atomic E-state index is 0. The first-order chi connectivity index (χ1) is 13.7. The van der Waals surface area contributed by atoms with E-state index in [0.29, 0.717) is 12.6 Å². The number of ether oxygens (including phenoxy) is 1. The molecule has 0 aliphatic carbocycles. The number of hydrogen-bond donors (Lipinski definition) is 2. The predicted octanol–water partition coefficient (Wildman–Crippen LogP) is 4.36. The third kappa shape index (κ3) is 6.45. The molecule has 3 rings (SSSR count). The van der Waals surface area contributed by atoms with Gasteiger partial charge in [-0.3, -0.25) is 0 Å². The molecule has 2 bridgehead atoms. The van der Waals surface area contributed by atoms with Gasteiger partial charge in [0, 0.05) is 29.5 Å². The van der Waals surface area contributed by atoms with Gasteiger partial charge < -0.3 is 20.3 Å². The number of halogens is 1. The van der Waals surface area contributed by atoms with Crippen LogP contribution in [0.2, 0.25) is 0 Å². The van der Waals surface area contributed by atoms with Crippen molar-refractivity contribution in [3.05, 3.63) is 15.6 Å². The number of thiazole rings is 1. The van der Waals surface area contributed by atoms with E-state index in [1.165, 1.54) is 4.88 Å². The average Bonchev–Trinajstić information content (AvgIpc) is 3.08. The maximum absolute atomic E-state index is 12.6. The molecule has 2 atom stereocenters. The Balaban J connectivity index is 0.00000320. The molecule has 2 aliphatic heterocycles. The molecular weight excluding hydrogens is 513 g/mol. The lowest BCUT2D eigenvalue weighted by atomic mass is 9.98. The first-order valence-electron chi connectivity index (χ1n) is 10.7. The van der Waals surface area contributed by atoms with Gasteiger partial charge in [0.25, 0.3) is 0 Å². The van der Waals surface area contributed by atoms with E-state index < -0.39 is 5.60 Å². The number of aryl methyl sites for hydroxylation is 2. The zero-order valence-electron chi connectivity index (χ0n) is 18.9. The molecule has 9 heteroatoms. The molecule has 2 fully saturated rings. The molecule has 2 aliphatic rings. The van der Waals surface area contributed by atoms with Crippen molar-refractivity contribution in [2.24, 2.45) is 4.99 Å². The number of rotatable bonds is 4. The van der Waals surface area contributed by atoms with Crippen LogP contribution in [0.4, 0.5) is 4.79 Å². The number of carbonyl (C=O) groups is 1. The van der Waals surface area contributed by atoms with E-state index in [1.807, 2.05) is 32.6 Å². The maximum atomic E-state index is 12.6. The highest BCUT2D eigenvalue weighted by Gasteiger charge is 2.45. The van der Waals surface area contributed by atoms with E-state index in [0.717, 1.165) is 48.9 Å². The fourth-order valence-corrected chi connectivity index (χ4v) is 5.03. The first kappa shape index (κ1) is 25.2. The predicted molar refractivity (Wildman–Crippen MR) is 133 cm³/mol. The highest BCUT2D eigenvalue weighted by molar-refractivity contribution is 14.0. The lowest BCUT2D eigenvalue weighted by Gasteiger charge is -2.40. The van der Waals surface area contributed by atoms with Crippen molar-refractivity contribution < 1.29 is 9.53 Å². The number of aromatic nitrogens is 1. The fourth-order valence-electron chi connectivity index (χ4n) is 4.17. The van der Waals surface area contributed by atoms with Gasteiger partial charge in [-0.1, -0.05) is 0 Å². The van der Waals surface area contributed by atoms with Crippen molar-refractivity contribution in [2.75, 3.05) is 6.54 Å². The zero-order chi connectivity index (χ0) is 21.2. The van der Waals surface area contributed by atoms with Gasteiger partial charge >= 0.3 is 6.09 Å². The second-order valence-corrected chi connectivity index (χ2v) is 10.3. The molecular formula is C21H36IN5O2S. The summed E-state index contributed by atoms with van der Waals surface area (Å²) in [5, 5.41) is 7.98. The summed E-state index contributed by atoms with van der Waals surface area (Å²) in [6, 6.07) is 0.797. The normalized spacial score (nSPS) is 23.7. The Morgan fingerprint density at radius 3 is 2.40 bits per heavy atom. The van der Waals surface area contributed by atoms with Crippen LogP contribution in [0.15, 0.2) is 4.99 Å².